The maximum absolute atomic E-state index is 10.9. The van der Waals surface area contributed by atoms with Crippen LogP contribution in [0.3, 0.4) is 0 Å². The Morgan fingerprint density at radius 2 is 2.33 bits per heavy atom. The summed E-state index contributed by atoms with van der Waals surface area (Å²) in [6.45, 7) is 4.19. The Kier molecular flexibility index (Phi) is 3.69. The van der Waals surface area contributed by atoms with E-state index in [9.17, 15) is 4.79 Å². The molecule has 12 heavy (non-hydrogen) atoms. The minimum Gasteiger partial charge on any atom is -0.380 e. The van der Waals surface area contributed by atoms with E-state index < -0.39 is 0 Å². The maximum Gasteiger partial charge on any atom is 0.131 e. The first-order valence-electron chi connectivity index (χ1n) is 4.47. The molecule has 0 bridgehead atoms. The number of carbonyl (C=O) groups excluding carboxylic acids is 1. The molecule has 0 aromatic carbocycles. The van der Waals surface area contributed by atoms with E-state index in [-0.39, 0.29) is 5.78 Å². The van der Waals surface area contributed by atoms with E-state index >= 15 is 0 Å². The van der Waals surface area contributed by atoms with Gasteiger partial charge in [-0.3, -0.25) is 4.79 Å². The average Bonchev–Trinajstić information content (AvgIpc) is 2.16. The van der Waals surface area contributed by atoms with Gasteiger partial charge < -0.3 is 9.64 Å². The lowest BCUT2D eigenvalue weighted by Crippen LogP contribution is -2.33. The minimum absolute atomic E-state index is 0.272. The highest BCUT2D eigenvalue weighted by Crippen LogP contribution is 2.10. The van der Waals surface area contributed by atoms with Crippen LogP contribution in [0.5, 0.6) is 0 Å². The van der Waals surface area contributed by atoms with E-state index in [0.717, 1.165) is 26.2 Å². The molecule has 1 aliphatic heterocycles. The van der Waals surface area contributed by atoms with Crippen molar-refractivity contribution < 1.29 is 9.53 Å². The van der Waals surface area contributed by atoms with Gasteiger partial charge in [-0.1, -0.05) is 0 Å². The highest BCUT2D eigenvalue weighted by molar-refractivity contribution is 5.76. The van der Waals surface area contributed by atoms with Gasteiger partial charge in [0.2, 0.25) is 0 Å². The minimum atomic E-state index is 0.272. The molecule has 3 nitrogen and oxygen atoms in total. The van der Waals surface area contributed by atoms with Crippen LogP contribution in [0.25, 0.3) is 0 Å². The van der Waals surface area contributed by atoms with Crippen LogP contribution < -0.4 is 0 Å². The van der Waals surface area contributed by atoms with Crippen molar-refractivity contribution in [3.8, 4) is 0 Å². The van der Waals surface area contributed by atoms with Crippen molar-refractivity contribution in [3.05, 3.63) is 0 Å². The molecule has 0 aromatic rings. The van der Waals surface area contributed by atoms with Gasteiger partial charge in [0.1, 0.15) is 5.78 Å². The van der Waals surface area contributed by atoms with Crippen LogP contribution in [0.2, 0.25) is 0 Å². The van der Waals surface area contributed by atoms with Crippen LogP contribution in [0, 0.1) is 0 Å². The number of carbonyl (C=O) groups is 1. The summed E-state index contributed by atoms with van der Waals surface area (Å²) >= 11 is 0. The molecule has 1 rings (SSSR count). The fraction of sp³-hybridized carbons (Fsp3) is 0.889. The van der Waals surface area contributed by atoms with Crippen molar-refractivity contribution in [3.63, 3.8) is 0 Å². The maximum atomic E-state index is 10.9. The SMILES string of the molecule is CC(=O)CC1CCOCCN1C. The Balaban J connectivity index is 2.41. The number of hydrogen-bond donors (Lipinski definition) is 0. The lowest BCUT2D eigenvalue weighted by molar-refractivity contribution is -0.118. The second kappa shape index (κ2) is 4.58. The van der Waals surface area contributed by atoms with Crippen LogP contribution in [0.15, 0.2) is 0 Å². The third-order valence-electron chi connectivity index (χ3n) is 2.33. The van der Waals surface area contributed by atoms with Gasteiger partial charge in [-0.2, -0.15) is 0 Å². The fourth-order valence-electron chi connectivity index (χ4n) is 1.52. The summed E-state index contributed by atoms with van der Waals surface area (Å²) in [6, 6.07) is 0.394. The summed E-state index contributed by atoms with van der Waals surface area (Å²) in [5.41, 5.74) is 0. The van der Waals surface area contributed by atoms with Gasteiger partial charge >= 0.3 is 0 Å². The van der Waals surface area contributed by atoms with Gasteiger partial charge in [0.25, 0.3) is 0 Å². The second-order valence-corrected chi connectivity index (χ2v) is 3.44. The highest BCUT2D eigenvalue weighted by Gasteiger charge is 2.18. The van der Waals surface area contributed by atoms with Crippen molar-refractivity contribution >= 4 is 5.78 Å². The number of Topliss-reactive ketones (excluding diaryl/α,β-unsaturated/α-hetero) is 1. The summed E-state index contributed by atoms with van der Waals surface area (Å²) in [4.78, 5) is 13.1. The monoisotopic (exact) mass is 171 g/mol. The number of rotatable bonds is 2. The number of likely N-dealkylation sites (N-methyl/N-ethyl adjacent to an activating group) is 1. The fourth-order valence-corrected chi connectivity index (χ4v) is 1.52. The zero-order chi connectivity index (χ0) is 8.97. The third-order valence-corrected chi connectivity index (χ3v) is 2.33. The molecule has 1 saturated heterocycles. The van der Waals surface area contributed by atoms with E-state index in [1.807, 2.05) is 0 Å². The molecule has 1 atom stereocenters. The molecule has 3 heteroatoms. The van der Waals surface area contributed by atoms with Crippen molar-refractivity contribution in [1.29, 1.82) is 0 Å². The summed E-state index contributed by atoms with van der Waals surface area (Å²) in [5, 5.41) is 0. The topological polar surface area (TPSA) is 29.5 Å². The standard InChI is InChI=1S/C9H17NO2/c1-8(11)7-9-3-5-12-6-4-10(9)2/h9H,3-7H2,1-2H3. The lowest BCUT2D eigenvalue weighted by atomic mass is 10.1. The first kappa shape index (κ1) is 9.68. The van der Waals surface area contributed by atoms with Crippen LogP contribution in [-0.2, 0) is 9.53 Å². The zero-order valence-electron chi connectivity index (χ0n) is 7.88. The molecule has 0 spiro atoms. The highest BCUT2D eigenvalue weighted by atomic mass is 16.5. The van der Waals surface area contributed by atoms with Gasteiger partial charge in [0.15, 0.2) is 0 Å². The van der Waals surface area contributed by atoms with Crippen molar-refractivity contribution in [1.82, 2.24) is 4.90 Å². The molecule has 70 valence electrons. The molecule has 0 radical (unpaired) electrons. The predicted octanol–water partition coefficient (Wildman–Crippen LogP) is 0.686. The predicted molar refractivity (Wildman–Crippen MR) is 47.2 cm³/mol. The van der Waals surface area contributed by atoms with Gasteiger partial charge in [-0.15, -0.1) is 0 Å². The van der Waals surface area contributed by atoms with E-state index in [1.54, 1.807) is 6.92 Å². The number of hydrogen-bond acceptors (Lipinski definition) is 3. The molecule has 0 aromatic heterocycles. The molecule has 0 saturated carbocycles. The van der Waals surface area contributed by atoms with Gasteiger partial charge in [0.05, 0.1) is 6.61 Å². The molecule has 1 unspecified atom stereocenters. The molecular formula is C9H17NO2. The van der Waals surface area contributed by atoms with Crippen molar-refractivity contribution in [2.45, 2.75) is 25.8 Å². The normalized spacial score (nSPS) is 26.7. The van der Waals surface area contributed by atoms with Gasteiger partial charge in [-0.25, -0.2) is 0 Å². The largest absolute Gasteiger partial charge is 0.380 e. The summed E-state index contributed by atoms with van der Waals surface area (Å²) < 4.78 is 5.32. The average molecular weight is 171 g/mol. The molecule has 0 N–H and O–H groups in total. The third kappa shape index (κ3) is 2.91. The van der Waals surface area contributed by atoms with E-state index in [2.05, 4.69) is 11.9 Å². The van der Waals surface area contributed by atoms with E-state index in [0.29, 0.717) is 12.5 Å². The smallest absolute Gasteiger partial charge is 0.131 e. The van der Waals surface area contributed by atoms with Crippen LogP contribution >= 0.6 is 0 Å². The van der Waals surface area contributed by atoms with Crippen LogP contribution in [0.4, 0.5) is 0 Å². The Morgan fingerprint density at radius 3 is 3.00 bits per heavy atom. The first-order valence-corrected chi connectivity index (χ1v) is 4.47. The Bertz CT molecular complexity index is 159. The van der Waals surface area contributed by atoms with Crippen molar-refractivity contribution in [2.75, 3.05) is 26.8 Å². The van der Waals surface area contributed by atoms with Crippen LogP contribution in [0.1, 0.15) is 19.8 Å². The number of ether oxygens (including phenoxy) is 1. The number of nitrogens with zero attached hydrogens (tertiary/aromatic N) is 1. The molecule has 1 heterocycles. The molecule has 0 amide bonds. The summed E-state index contributed by atoms with van der Waals surface area (Å²) in [5.74, 6) is 0.272. The molecule has 1 fully saturated rings. The number of ketones is 1. The summed E-state index contributed by atoms with van der Waals surface area (Å²) in [6.07, 6.45) is 1.65. The first-order chi connectivity index (χ1) is 5.70. The summed E-state index contributed by atoms with van der Waals surface area (Å²) in [7, 11) is 2.06. The van der Waals surface area contributed by atoms with Crippen molar-refractivity contribution in [2.24, 2.45) is 0 Å². The Morgan fingerprint density at radius 1 is 1.58 bits per heavy atom. The lowest BCUT2D eigenvalue weighted by Gasteiger charge is -2.23. The molecule has 1 aliphatic rings. The molecule has 0 aliphatic carbocycles. The molecular weight excluding hydrogens is 154 g/mol. The van der Waals surface area contributed by atoms with E-state index in [1.165, 1.54) is 0 Å². The quantitative estimate of drug-likeness (QED) is 0.612. The van der Waals surface area contributed by atoms with E-state index in [4.69, 9.17) is 4.74 Å². The van der Waals surface area contributed by atoms with Gasteiger partial charge in [0, 0.05) is 25.6 Å². The Hall–Kier alpha value is -0.410. The zero-order valence-corrected chi connectivity index (χ0v) is 7.88. The van der Waals surface area contributed by atoms with Crippen LogP contribution in [-0.4, -0.2) is 43.5 Å². The Labute approximate surface area is 73.7 Å². The second-order valence-electron chi connectivity index (χ2n) is 3.44. The van der Waals surface area contributed by atoms with Gasteiger partial charge in [-0.05, 0) is 20.4 Å².